The van der Waals surface area contributed by atoms with E-state index in [1.54, 1.807) is 13.2 Å². The van der Waals surface area contributed by atoms with Gasteiger partial charge in [0, 0.05) is 19.7 Å². The van der Waals surface area contributed by atoms with Crippen LogP contribution in [0.1, 0.15) is 6.92 Å². The van der Waals surface area contributed by atoms with Crippen molar-refractivity contribution >= 4 is 45.8 Å². The predicted octanol–water partition coefficient (Wildman–Crippen LogP) is 3.73. The Balaban J connectivity index is 2.47. The smallest absolute Gasteiger partial charge is 0.178 e. The van der Waals surface area contributed by atoms with Crippen molar-refractivity contribution in [1.82, 2.24) is 9.55 Å². The third kappa shape index (κ3) is 2.75. The van der Waals surface area contributed by atoms with Crippen molar-refractivity contribution in [3.8, 4) is 0 Å². The van der Waals surface area contributed by atoms with Gasteiger partial charge in [0.15, 0.2) is 4.77 Å². The summed E-state index contributed by atoms with van der Waals surface area (Å²) in [5, 5.41) is 0. The summed E-state index contributed by atoms with van der Waals surface area (Å²) in [6.45, 7) is 3.45. The Labute approximate surface area is 123 Å². The van der Waals surface area contributed by atoms with E-state index < -0.39 is 0 Å². The number of fused-ring (bicyclic) bond motifs is 1. The lowest BCUT2D eigenvalue weighted by Gasteiger charge is -2.11. The minimum absolute atomic E-state index is 0.217. The highest BCUT2D eigenvalue weighted by Gasteiger charge is 2.11. The summed E-state index contributed by atoms with van der Waals surface area (Å²) in [4.78, 5) is 3.11. The molecule has 2 rings (SSSR count). The van der Waals surface area contributed by atoms with E-state index in [1.807, 2.05) is 27.2 Å². The number of rotatable bonds is 4. The van der Waals surface area contributed by atoms with Gasteiger partial charge in [-0.25, -0.2) is 4.39 Å². The van der Waals surface area contributed by atoms with Crippen LogP contribution < -0.4 is 0 Å². The molecule has 0 saturated heterocycles. The summed E-state index contributed by atoms with van der Waals surface area (Å²) in [6, 6.07) is 3.31. The van der Waals surface area contributed by atoms with Gasteiger partial charge in [0.05, 0.1) is 21.2 Å². The number of imidazole rings is 1. The first-order valence-corrected chi connectivity index (χ1v) is 7.08. The zero-order chi connectivity index (χ0) is 13.3. The number of aromatic nitrogens is 2. The van der Waals surface area contributed by atoms with E-state index in [4.69, 9.17) is 17.0 Å². The summed E-state index contributed by atoms with van der Waals surface area (Å²) < 4.78 is 21.9. The molecule has 1 aromatic heterocycles. The van der Waals surface area contributed by atoms with Crippen LogP contribution >= 0.6 is 34.8 Å². The molecule has 6 heteroatoms. The first kappa shape index (κ1) is 14.0. The normalized spacial score (nSPS) is 13.1. The van der Waals surface area contributed by atoms with Gasteiger partial charge in [0.25, 0.3) is 0 Å². The Morgan fingerprint density at radius 3 is 2.94 bits per heavy atom. The van der Waals surface area contributed by atoms with E-state index in [0.29, 0.717) is 27.4 Å². The summed E-state index contributed by atoms with van der Waals surface area (Å²) >= 11 is 7.26. The number of nitrogens with zero attached hydrogens (tertiary/aromatic N) is 1. The maximum absolute atomic E-state index is 13.6. The van der Waals surface area contributed by atoms with Gasteiger partial charge < -0.3 is 14.3 Å². The Kier molecular flexibility index (Phi) is 4.39. The van der Waals surface area contributed by atoms with Crippen LogP contribution in [-0.4, -0.2) is 23.3 Å². The van der Waals surface area contributed by atoms with Gasteiger partial charge in [-0.05, 0) is 46.8 Å². The summed E-state index contributed by atoms with van der Waals surface area (Å²) in [5.74, 6) is 0.105. The van der Waals surface area contributed by atoms with E-state index in [9.17, 15) is 4.39 Å². The number of hydrogen-bond donors (Lipinski definition) is 1. The Morgan fingerprint density at radius 1 is 1.56 bits per heavy atom. The van der Waals surface area contributed by atoms with Gasteiger partial charge in [-0.1, -0.05) is 6.92 Å². The third-order valence-corrected chi connectivity index (χ3v) is 3.91. The van der Waals surface area contributed by atoms with Gasteiger partial charge in [-0.2, -0.15) is 0 Å². The topological polar surface area (TPSA) is 29.9 Å². The molecule has 0 spiro atoms. The van der Waals surface area contributed by atoms with Crippen LogP contribution in [0.2, 0.25) is 0 Å². The van der Waals surface area contributed by atoms with Crippen LogP contribution in [0.15, 0.2) is 12.1 Å². The lowest BCUT2D eigenvalue weighted by atomic mass is 10.2. The zero-order valence-corrected chi connectivity index (χ0v) is 13.1. The minimum atomic E-state index is -0.217. The molecule has 0 amide bonds. The van der Waals surface area contributed by atoms with Gasteiger partial charge in [0.1, 0.15) is 5.82 Å². The van der Waals surface area contributed by atoms with E-state index in [0.717, 1.165) is 11.0 Å². The van der Waals surface area contributed by atoms with Gasteiger partial charge >= 0.3 is 0 Å². The molecule has 0 bridgehead atoms. The van der Waals surface area contributed by atoms with E-state index in [-0.39, 0.29) is 5.82 Å². The standard InChI is InChI=1S/C12H14FIN2OS/c1-7(6-17-2)5-16-11-3-8(13)9(14)4-10(11)15-12(16)18/h3-4,7H,5-6H2,1-2H3,(H,15,18). The lowest BCUT2D eigenvalue weighted by Crippen LogP contribution is -2.12. The molecule has 0 radical (unpaired) electrons. The fraction of sp³-hybridized carbons (Fsp3) is 0.417. The zero-order valence-electron chi connectivity index (χ0n) is 10.2. The molecule has 2 aromatic rings. The summed E-state index contributed by atoms with van der Waals surface area (Å²) in [7, 11) is 1.67. The number of hydrogen-bond acceptors (Lipinski definition) is 2. The van der Waals surface area contributed by atoms with Crippen molar-refractivity contribution in [2.45, 2.75) is 13.5 Å². The highest BCUT2D eigenvalue weighted by molar-refractivity contribution is 14.1. The van der Waals surface area contributed by atoms with Gasteiger partial charge in [-0.3, -0.25) is 0 Å². The number of methoxy groups -OCH3 is 1. The fourth-order valence-corrected chi connectivity index (χ4v) is 2.73. The maximum Gasteiger partial charge on any atom is 0.178 e. The molecule has 1 N–H and O–H groups in total. The molecule has 1 heterocycles. The quantitative estimate of drug-likeness (QED) is 0.647. The highest BCUT2D eigenvalue weighted by atomic mass is 127. The fourth-order valence-electron chi connectivity index (χ4n) is 1.98. The molecule has 1 unspecified atom stereocenters. The molecule has 1 atom stereocenters. The third-order valence-electron chi connectivity index (χ3n) is 2.76. The first-order valence-electron chi connectivity index (χ1n) is 5.59. The molecule has 1 aromatic carbocycles. The second kappa shape index (κ2) is 5.66. The van der Waals surface area contributed by atoms with Crippen LogP contribution in [0.5, 0.6) is 0 Å². The first-order chi connectivity index (χ1) is 8.52. The van der Waals surface area contributed by atoms with Gasteiger partial charge in [0.2, 0.25) is 0 Å². The summed E-state index contributed by atoms with van der Waals surface area (Å²) in [6.07, 6.45) is 0. The van der Waals surface area contributed by atoms with Crippen LogP contribution in [-0.2, 0) is 11.3 Å². The molecule has 18 heavy (non-hydrogen) atoms. The molecule has 0 saturated carbocycles. The van der Waals surface area contributed by atoms with E-state index in [2.05, 4.69) is 11.9 Å². The van der Waals surface area contributed by atoms with Crippen LogP contribution in [0, 0.1) is 20.1 Å². The van der Waals surface area contributed by atoms with E-state index in [1.165, 1.54) is 6.07 Å². The van der Waals surface area contributed by atoms with Crippen molar-refractivity contribution in [3.05, 3.63) is 26.3 Å². The van der Waals surface area contributed by atoms with Crippen molar-refractivity contribution in [3.63, 3.8) is 0 Å². The molecule has 0 aliphatic heterocycles. The SMILES string of the molecule is COCC(C)Cn1c(=S)[nH]c2cc(I)c(F)cc21. The molecule has 0 fully saturated rings. The van der Waals surface area contributed by atoms with Crippen LogP contribution in [0.3, 0.4) is 0 Å². The molecular formula is C12H14FIN2OS. The minimum Gasteiger partial charge on any atom is -0.384 e. The highest BCUT2D eigenvalue weighted by Crippen LogP contribution is 2.21. The predicted molar refractivity (Wildman–Crippen MR) is 80.8 cm³/mol. The largest absolute Gasteiger partial charge is 0.384 e. The average molecular weight is 380 g/mol. The Bertz CT molecular complexity index is 622. The van der Waals surface area contributed by atoms with Gasteiger partial charge in [-0.15, -0.1) is 0 Å². The number of ether oxygens (including phenoxy) is 1. The van der Waals surface area contributed by atoms with Crippen LogP contribution in [0.4, 0.5) is 4.39 Å². The van der Waals surface area contributed by atoms with E-state index >= 15 is 0 Å². The van der Waals surface area contributed by atoms with Crippen molar-refractivity contribution in [1.29, 1.82) is 0 Å². The lowest BCUT2D eigenvalue weighted by molar-refractivity contribution is 0.152. The Hall–Kier alpha value is -0.470. The second-order valence-corrected chi connectivity index (χ2v) is 5.93. The Morgan fingerprint density at radius 2 is 2.28 bits per heavy atom. The molecule has 98 valence electrons. The molecular weight excluding hydrogens is 366 g/mol. The summed E-state index contributed by atoms with van der Waals surface area (Å²) in [5.41, 5.74) is 1.68. The average Bonchev–Trinajstić information content (AvgIpc) is 2.57. The van der Waals surface area contributed by atoms with Crippen molar-refractivity contribution in [2.75, 3.05) is 13.7 Å². The van der Waals surface area contributed by atoms with Crippen molar-refractivity contribution < 1.29 is 9.13 Å². The molecule has 0 aliphatic carbocycles. The number of H-pyrrole nitrogens is 1. The molecule has 3 nitrogen and oxygen atoms in total. The second-order valence-electron chi connectivity index (χ2n) is 4.38. The maximum atomic E-state index is 13.6. The molecule has 0 aliphatic rings. The monoisotopic (exact) mass is 380 g/mol. The number of aromatic amines is 1. The number of halogens is 2. The number of benzene rings is 1. The van der Waals surface area contributed by atoms with Crippen molar-refractivity contribution in [2.24, 2.45) is 5.92 Å². The number of nitrogens with one attached hydrogen (secondary N) is 1. The van der Waals surface area contributed by atoms with Crippen LogP contribution in [0.25, 0.3) is 11.0 Å².